The molecule has 3 heterocycles. The van der Waals surface area contributed by atoms with E-state index in [9.17, 15) is 4.79 Å². The number of rotatable bonds is 8. The van der Waals surface area contributed by atoms with E-state index >= 15 is 0 Å². The Kier molecular flexibility index (Phi) is 7.49. The summed E-state index contributed by atoms with van der Waals surface area (Å²) in [7, 11) is 2.19. The number of nitrogens with one attached hydrogen (secondary N) is 1. The van der Waals surface area contributed by atoms with Crippen LogP contribution in [-0.2, 0) is 16.0 Å². The van der Waals surface area contributed by atoms with Crippen molar-refractivity contribution in [2.24, 2.45) is 0 Å². The van der Waals surface area contributed by atoms with Crippen molar-refractivity contribution in [2.75, 3.05) is 53.0 Å². The second-order valence-corrected chi connectivity index (χ2v) is 8.72. The molecule has 0 atom stereocenters. The molecule has 0 bridgehead atoms. The van der Waals surface area contributed by atoms with Gasteiger partial charge in [0.1, 0.15) is 0 Å². The molecule has 26 heavy (non-hydrogen) atoms. The Morgan fingerprint density at radius 2 is 2.00 bits per heavy atom. The van der Waals surface area contributed by atoms with E-state index in [1.54, 1.807) is 11.3 Å². The van der Waals surface area contributed by atoms with Gasteiger partial charge in [-0.2, -0.15) is 0 Å². The zero-order valence-corrected chi connectivity index (χ0v) is 16.9. The summed E-state index contributed by atoms with van der Waals surface area (Å²) in [6, 6.07) is 4.27. The number of unbranched alkanes of at least 4 members (excludes halogenated alkanes) is 1. The van der Waals surface area contributed by atoms with Crippen LogP contribution in [0, 0.1) is 0 Å². The molecule has 0 aliphatic carbocycles. The Morgan fingerprint density at radius 3 is 2.69 bits per heavy atom. The third-order valence-corrected chi connectivity index (χ3v) is 6.81. The van der Waals surface area contributed by atoms with Crippen molar-refractivity contribution in [1.82, 2.24) is 15.1 Å². The average Bonchev–Trinajstić information content (AvgIpc) is 3.19. The average molecular weight is 380 g/mol. The van der Waals surface area contributed by atoms with Gasteiger partial charge in [0, 0.05) is 36.5 Å². The fourth-order valence-electron chi connectivity index (χ4n) is 4.07. The maximum atomic E-state index is 12.4. The molecule has 5 nitrogen and oxygen atoms in total. The van der Waals surface area contributed by atoms with Crippen molar-refractivity contribution in [1.29, 1.82) is 0 Å². The van der Waals surface area contributed by atoms with Gasteiger partial charge in [0.05, 0.1) is 13.2 Å². The molecule has 1 N–H and O–H groups in total. The highest BCUT2D eigenvalue weighted by Gasteiger charge is 2.39. The van der Waals surface area contributed by atoms with Crippen LogP contribution in [0.25, 0.3) is 0 Å². The molecule has 1 amide bonds. The van der Waals surface area contributed by atoms with E-state index in [4.69, 9.17) is 4.74 Å². The summed E-state index contributed by atoms with van der Waals surface area (Å²) >= 11 is 1.81. The Labute approximate surface area is 161 Å². The van der Waals surface area contributed by atoms with Crippen LogP contribution in [0.2, 0.25) is 0 Å². The van der Waals surface area contributed by atoms with Gasteiger partial charge in [-0.25, -0.2) is 0 Å². The smallest absolute Gasteiger partial charge is 0.220 e. The second kappa shape index (κ2) is 9.83. The van der Waals surface area contributed by atoms with Crippen LogP contribution in [0.3, 0.4) is 0 Å². The van der Waals surface area contributed by atoms with Gasteiger partial charge in [-0.1, -0.05) is 6.07 Å². The highest BCUT2D eigenvalue weighted by Crippen LogP contribution is 2.29. The van der Waals surface area contributed by atoms with Crippen LogP contribution in [0.4, 0.5) is 0 Å². The van der Waals surface area contributed by atoms with Crippen molar-refractivity contribution in [3.8, 4) is 0 Å². The molecule has 6 heteroatoms. The van der Waals surface area contributed by atoms with Crippen LogP contribution in [0.1, 0.15) is 37.0 Å². The molecule has 0 spiro atoms. The number of morpholine rings is 1. The van der Waals surface area contributed by atoms with Crippen LogP contribution in [0.15, 0.2) is 17.5 Å². The van der Waals surface area contributed by atoms with Crippen molar-refractivity contribution in [2.45, 2.75) is 44.1 Å². The van der Waals surface area contributed by atoms with Gasteiger partial charge >= 0.3 is 0 Å². The summed E-state index contributed by atoms with van der Waals surface area (Å²) < 4.78 is 5.54. The fourth-order valence-corrected chi connectivity index (χ4v) is 4.82. The Balaban J connectivity index is 1.43. The van der Waals surface area contributed by atoms with Gasteiger partial charge < -0.3 is 15.0 Å². The minimum atomic E-state index is 0.114. The molecular weight excluding hydrogens is 346 g/mol. The van der Waals surface area contributed by atoms with Gasteiger partial charge in [0.2, 0.25) is 5.91 Å². The van der Waals surface area contributed by atoms with Crippen LogP contribution in [0.5, 0.6) is 0 Å². The Hall–Kier alpha value is -0.950. The minimum Gasteiger partial charge on any atom is -0.379 e. The molecule has 1 aromatic heterocycles. The van der Waals surface area contributed by atoms with E-state index in [0.29, 0.717) is 6.42 Å². The van der Waals surface area contributed by atoms with Gasteiger partial charge in [0.15, 0.2) is 0 Å². The predicted molar refractivity (Wildman–Crippen MR) is 107 cm³/mol. The lowest BCUT2D eigenvalue weighted by atomic mass is 9.85. The van der Waals surface area contributed by atoms with E-state index in [2.05, 4.69) is 39.7 Å². The summed E-state index contributed by atoms with van der Waals surface area (Å²) in [6.45, 7) is 6.59. The van der Waals surface area contributed by atoms with Gasteiger partial charge in [-0.3, -0.25) is 9.69 Å². The van der Waals surface area contributed by atoms with Crippen LogP contribution >= 0.6 is 11.3 Å². The normalized spacial score (nSPS) is 21.6. The van der Waals surface area contributed by atoms with Crippen molar-refractivity contribution < 1.29 is 9.53 Å². The number of ether oxygens (including phenoxy) is 1. The second-order valence-electron chi connectivity index (χ2n) is 7.69. The highest BCUT2D eigenvalue weighted by molar-refractivity contribution is 7.09. The first kappa shape index (κ1) is 19.8. The molecule has 1 aromatic rings. The van der Waals surface area contributed by atoms with Crippen molar-refractivity contribution in [3.05, 3.63) is 22.4 Å². The lowest BCUT2D eigenvalue weighted by Gasteiger charge is -2.49. The number of thiophene rings is 1. The SMILES string of the molecule is CN1CCC(CNC(=O)CCCCc2cccs2)(N2CCOCC2)CC1. The first-order chi connectivity index (χ1) is 12.7. The largest absolute Gasteiger partial charge is 0.379 e. The first-order valence-electron chi connectivity index (χ1n) is 9.98. The van der Waals surface area contributed by atoms with Crippen molar-refractivity contribution in [3.63, 3.8) is 0 Å². The standard InChI is InChI=1S/C20H33N3O2S/c1-22-10-8-20(9-11-22,23-12-14-25-15-13-23)17-21-19(24)7-3-2-5-18-6-4-16-26-18/h4,6,16H,2-3,5,7-15,17H2,1H3,(H,21,24). The van der Waals surface area contributed by atoms with Gasteiger partial charge in [0.25, 0.3) is 0 Å². The zero-order chi connectivity index (χ0) is 18.2. The number of carbonyl (C=O) groups excluding carboxylic acids is 1. The molecule has 0 unspecified atom stereocenters. The van der Waals surface area contributed by atoms with Gasteiger partial charge in [-0.05, 0) is 63.7 Å². The summed E-state index contributed by atoms with van der Waals surface area (Å²) in [5.41, 5.74) is 0.114. The molecular formula is C20H33N3O2S. The van der Waals surface area contributed by atoms with E-state index in [0.717, 1.165) is 78.0 Å². The first-order valence-corrected chi connectivity index (χ1v) is 10.9. The molecule has 2 aliphatic rings. The minimum absolute atomic E-state index is 0.114. The number of aryl methyl sites for hydroxylation is 1. The van der Waals surface area contributed by atoms with Crippen molar-refractivity contribution >= 4 is 17.2 Å². The maximum absolute atomic E-state index is 12.4. The lowest BCUT2D eigenvalue weighted by molar-refractivity contribution is -0.122. The Morgan fingerprint density at radius 1 is 1.23 bits per heavy atom. The number of hydrogen-bond acceptors (Lipinski definition) is 5. The fraction of sp³-hybridized carbons (Fsp3) is 0.750. The molecule has 0 saturated carbocycles. The molecule has 0 radical (unpaired) electrons. The zero-order valence-electron chi connectivity index (χ0n) is 16.0. The number of hydrogen-bond donors (Lipinski definition) is 1. The lowest BCUT2D eigenvalue weighted by Crippen LogP contribution is -2.62. The topological polar surface area (TPSA) is 44.8 Å². The van der Waals surface area contributed by atoms with E-state index in [1.165, 1.54) is 4.88 Å². The summed E-state index contributed by atoms with van der Waals surface area (Å²) in [6.07, 6.45) is 6.05. The maximum Gasteiger partial charge on any atom is 0.220 e. The summed E-state index contributed by atoms with van der Waals surface area (Å²) in [5, 5.41) is 5.38. The molecule has 0 aromatic carbocycles. The highest BCUT2D eigenvalue weighted by atomic mass is 32.1. The number of piperidine rings is 1. The van der Waals surface area contributed by atoms with E-state index < -0.39 is 0 Å². The number of amides is 1. The molecule has 2 fully saturated rings. The quantitative estimate of drug-likeness (QED) is 0.705. The number of carbonyl (C=O) groups is 1. The third-order valence-electron chi connectivity index (χ3n) is 5.87. The Bertz CT molecular complexity index is 535. The number of likely N-dealkylation sites (tertiary alicyclic amines) is 1. The van der Waals surface area contributed by atoms with Gasteiger partial charge in [-0.15, -0.1) is 11.3 Å². The number of nitrogens with zero attached hydrogens (tertiary/aromatic N) is 2. The van der Waals surface area contributed by atoms with E-state index in [-0.39, 0.29) is 11.4 Å². The predicted octanol–water partition coefficient (Wildman–Crippen LogP) is 2.37. The van der Waals surface area contributed by atoms with Crippen LogP contribution < -0.4 is 5.32 Å². The monoisotopic (exact) mass is 379 g/mol. The third kappa shape index (κ3) is 5.52. The molecule has 2 aliphatic heterocycles. The molecule has 146 valence electrons. The molecule has 3 rings (SSSR count). The van der Waals surface area contributed by atoms with Crippen LogP contribution in [-0.4, -0.2) is 74.2 Å². The molecule has 2 saturated heterocycles. The van der Waals surface area contributed by atoms with E-state index in [1.807, 2.05) is 0 Å². The summed E-state index contributed by atoms with van der Waals surface area (Å²) in [5.74, 6) is 0.211. The summed E-state index contributed by atoms with van der Waals surface area (Å²) in [4.78, 5) is 18.8.